The van der Waals surface area contributed by atoms with Crippen molar-refractivity contribution >= 4 is 12.0 Å². The minimum atomic E-state index is -0.895. The van der Waals surface area contributed by atoms with Crippen molar-refractivity contribution in [2.75, 3.05) is 6.54 Å². The Balaban J connectivity index is 1.93. The van der Waals surface area contributed by atoms with E-state index in [1.54, 1.807) is 0 Å². The highest BCUT2D eigenvalue weighted by atomic mass is 16.4. The number of hydrogen-bond acceptors (Lipinski definition) is 2. The Morgan fingerprint density at radius 3 is 2.57 bits per heavy atom. The van der Waals surface area contributed by atoms with Crippen molar-refractivity contribution in [1.82, 2.24) is 10.2 Å². The van der Waals surface area contributed by atoms with Crippen LogP contribution in [0.2, 0.25) is 0 Å². The fourth-order valence-corrected chi connectivity index (χ4v) is 1.75. The van der Waals surface area contributed by atoms with Gasteiger partial charge in [0.15, 0.2) is 0 Å². The molecule has 2 amide bonds. The van der Waals surface area contributed by atoms with Crippen LogP contribution in [0.5, 0.6) is 0 Å². The zero-order valence-corrected chi connectivity index (χ0v) is 7.90. The molecule has 1 aliphatic heterocycles. The number of nitrogens with zero attached hydrogens (tertiary/aromatic N) is 1. The van der Waals surface area contributed by atoms with Crippen molar-refractivity contribution in [2.45, 2.75) is 37.8 Å². The molecule has 1 atom stereocenters. The van der Waals surface area contributed by atoms with E-state index in [1.165, 1.54) is 4.90 Å². The lowest BCUT2D eigenvalue weighted by atomic mass is 10.2. The molecule has 0 spiro atoms. The van der Waals surface area contributed by atoms with Crippen LogP contribution in [0.1, 0.15) is 25.7 Å². The van der Waals surface area contributed by atoms with E-state index in [0.29, 0.717) is 13.0 Å². The molecule has 0 bridgehead atoms. The van der Waals surface area contributed by atoms with Crippen LogP contribution in [0.4, 0.5) is 4.79 Å². The molecular formula is C9H14N2O3. The minimum Gasteiger partial charge on any atom is -0.480 e. The normalized spacial score (nSPS) is 26.3. The van der Waals surface area contributed by atoms with Crippen LogP contribution in [0, 0.1) is 0 Å². The van der Waals surface area contributed by atoms with Crippen molar-refractivity contribution in [2.24, 2.45) is 0 Å². The molecule has 0 aromatic carbocycles. The molecule has 1 aliphatic carbocycles. The SMILES string of the molecule is O=C(O)C1CCCN1C(=O)NC1CC1. The number of carbonyl (C=O) groups is 2. The lowest BCUT2D eigenvalue weighted by Gasteiger charge is -2.21. The van der Waals surface area contributed by atoms with Gasteiger partial charge in [-0.15, -0.1) is 0 Å². The fourth-order valence-electron chi connectivity index (χ4n) is 1.75. The molecule has 1 saturated heterocycles. The van der Waals surface area contributed by atoms with Gasteiger partial charge in [-0.1, -0.05) is 0 Å². The predicted molar refractivity (Wildman–Crippen MR) is 48.9 cm³/mol. The average Bonchev–Trinajstić information content (AvgIpc) is 2.81. The van der Waals surface area contributed by atoms with Gasteiger partial charge in [0.1, 0.15) is 6.04 Å². The largest absolute Gasteiger partial charge is 0.480 e. The first-order chi connectivity index (χ1) is 6.68. The molecule has 1 unspecified atom stereocenters. The first-order valence-electron chi connectivity index (χ1n) is 4.98. The third-order valence-electron chi connectivity index (χ3n) is 2.70. The zero-order valence-electron chi connectivity index (χ0n) is 7.90. The Labute approximate surface area is 82.1 Å². The predicted octanol–water partition coefficient (Wildman–Crippen LogP) is 0.407. The standard InChI is InChI=1S/C9H14N2O3/c12-8(13)7-2-1-5-11(7)9(14)10-6-3-4-6/h6-7H,1-5H2,(H,10,14)(H,12,13). The summed E-state index contributed by atoms with van der Waals surface area (Å²) in [5.41, 5.74) is 0. The van der Waals surface area contributed by atoms with E-state index in [1.807, 2.05) is 0 Å². The molecule has 0 aromatic heterocycles. The summed E-state index contributed by atoms with van der Waals surface area (Å²) in [5.74, 6) is -0.895. The number of carbonyl (C=O) groups excluding carboxylic acids is 1. The minimum absolute atomic E-state index is 0.211. The molecule has 0 radical (unpaired) electrons. The Bertz CT molecular complexity index is 263. The summed E-state index contributed by atoms with van der Waals surface area (Å²) in [7, 11) is 0. The first kappa shape index (κ1) is 9.30. The highest BCUT2D eigenvalue weighted by Crippen LogP contribution is 2.22. The monoisotopic (exact) mass is 198 g/mol. The number of aliphatic carboxylic acids is 1. The third-order valence-corrected chi connectivity index (χ3v) is 2.70. The second-order valence-electron chi connectivity index (χ2n) is 3.91. The Hall–Kier alpha value is -1.26. The van der Waals surface area contributed by atoms with Crippen LogP contribution >= 0.6 is 0 Å². The number of carboxylic acid groups (broad SMARTS) is 1. The molecule has 2 rings (SSSR count). The third kappa shape index (κ3) is 1.81. The molecule has 78 valence electrons. The van der Waals surface area contributed by atoms with Gasteiger partial charge in [0.05, 0.1) is 0 Å². The molecular weight excluding hydrogens is 184 g/mol. The van der Waals surface area contributed by atoms with Crippen LogP contribution in [0.15, 0.2) is 0 Å². The van der Waals surface area contributed by atoms with E-state index < -0.39 is 12.0 Å². The molecule has 14 heavy (non-hydrogen) atoms. The summed E-state index contributed by atoms with van der Waals surface area (Å²) in [5, 5.41) is 11.7. The molecule has 2 N–H and O–H groups in total. The maximum Gasteiger partial charge on any atom is 0.326 e. The quantitative estimate of drug-likeness (QED) is 0.675. The van der Waals surface area contributed by atoms with Crippen LogP contribution in [0.25, 0.3) is 0 Å². The average molecular weight is 198 g/mol. The Morgan fingerprint density at radius 2 is 2.00 bits per heavy atom. The van der Waals surface area contributed by atoms with E-state index in [0.717, 1.165) is 19.3 Å². The van der Waals surface area contributed by atoms with Gasteiger partial charge in [0.2, 0.25) is 0 Å². The summed E-state index contributed by atoms with van der Waals surface area (Å²) in [6, 6.07) is -0.538. The fraction of sp³-hybridized carbons (Fsp3) is 0.778. The van der Waals surface area contributed by atoms with Gasteiger partial charge in [-0.05, 0) is 25.7 Å². The van der Waals surface area contributed by atoms with Crippen molar-refractivity contribution in [3.63, 3.8) is 0 Å². The van der Waals surface area contributed by atoms with Crippen LogP contribution in [0.3, 0.4) is 0 Å². The number of urea groups is 1. The molecule has 2 aliphatic rings. The summed E-state index contributed by atoms with van der Waals surface area (Å²) in [4.78, 5) is 23.8. The molecule has 5 nitrogen and oxygen atoms in total. The first-order valence-corrected chi connectivity index (χ1v) is 4.98. The van der Waals surface area contributed by atoms with Crippen molar-refractivity contribution in [3.05, 3.63) is 0 Å². The number of rotatable bonds is 2. The van der Waals surface area contributed by atoms with E-state index in [4.69, 9.17) is 5.11 Å². The number of amides is 2. The van der Waals surface area contributed by atoms with Crippen molar-refractivity contribution in [3.8, 4) is 0 Å². The van der Waals surface area contributed by atoms with E-state index in [9.17, 15) is 9.59 Å². The van der Waals surface area contributed by atoms with Gasteiger partial charge in [-0.25, -0.2) is 9.59 Å². The Morgan fingerprint density at radius 1 is 1.29 bits per heavy atom. The van der Waals surface area contributed by atoms with Gasteiger partial charge >= 0.3 is 12.0 Å². The van der Waals surface area contributed by atoms with Gasteiger partial charge in [0, 0.05) is 12.6 Å². The maximum absolute atomic E-state index is 11.6. The van der Waals surface area contributed by atoms with Gasteiger partial charge in [-0.2, -0.15) is 0 Å². The number of nitrogens with one attached hydrogen (secondary N) is 1. The summed E-state index contributed by atoms with van der Waals surface area (Å²) >= 11 is 0. The van der Waals surface area contributed by atoms with Crippen LogP contribution in [-0.2, 0) is 4.79 Å². The van der Waals surface area contributed by atoms with Gasteiger partial charge < -0.3 is 15.3 Å². The molecule has 1 heterocycles. The summed E-state index contributed by atoms with van der Waals surface area (Å²) < 4.78 is 0. The smallest absolute Gasteiger partial charge is 0.326 e. The highest BCUT2D eigenvalue weighted by Gasteiger charge is 2.35. The number of hydrogen-bond donors (Lipinski definition) is 2. The van der Waals surface area contributed by atoms with E-state index >= 15 is 0 Å². The van der Waals surface area contributed by atoms with Crippen LogP contribution < -0.4 is 5.32 Å². The van der Waals surface area contributed by atoms with Gasteiger partial charge in [0.25, 0.3) is 0 Å². The number of likely N-dealkylation sites (tertiary alicyclic amines) is 1. The second kappa shape index (κ2) is 3.48. The maximum atomic E-state index is 11.6. The summed E-state index contributed by atoms with van der Waals surface area (Å²) in [6.45, 7) is 0.565. The lowest BCUT2D eigenvalue weighted by molar-refractivity contribution is -0.141. The second-order valence-corrected chi connectivity index (χ2v) is 3.91. The highest BCUT2D eigenvalue weighted by molar-refractivity contribution is 5.83. The topological polar surface area (TPSA) is 69.6 Å². The van der Waals surface area contributed by atoms with Gasteiger partial charge in [-0.3, -0.25) is 0 Å². The zero-order chi connectivity index (χ0) is 10.1. The number of carboxylic acids is 1. The van der Waals surface area contributed by atoms with Crippen LogP contribution in [-0.4, -0.2) is 40.6 Å². The summed E-state index contributed by atoms with van der Waals surface area (Å²) in [6.07, 6.45) is 3.41. The molecule has 0 aromatic rings. The molecule has 2 fully saturated rings. The van der Waals surface area contributed by atoms with E-state index in [2.05, 4.69) is 5.32 Å². The van der Waals surface area contributed by atoms with Crippen molar-refractivity contribution < 1.29 is 14.7 Å². The molecule has 1 saturated carbocycles. The van der Waals surface area contributed by atoms with E-state index in [-0.39, 0.29) is 12.1 Å². The Kier molecular flexibility index (Phi) is 2.31. The van der Waals surface area contributed by atoms with Crippen molar-refractivity contribution in [1.29, 1.82) is 0 Å². The molecule has 5 heteroatoms. The lowest BCUT2D eigenvalue weighted by Crippen LogP contribution is -2.46.